The van der Waals surface area contributed by atoms with E-state index < -0.39 is 0 Å². The summed E-state index contributed by atoms with van der Waals surface area (Å²) in [6.45, 7) is 4.77. The van der Waals surface area contributed by atoms with Gasteiger partial charge >= 0.3 is 5.97 Å². The van der Waals surface area contributed by atoms with E-state index in [1.807, 2.05) is 0 Å². The van der Waals surface area contributed by atoms with Crippen molar-refractivity contribution in [3.8, 4) is 0 Å². The molecule has 0 unspecified atom stereocenters. The van der Waals surface area contributed by atoms with E-state index in [0.29, 0.717) is 0 Å². The Morgan fingerprint density at radius 3 is 2.81 bits per heavy atom. The van der Waals surface area contributed by atoms with E-state index in [1.54, 1.807) is 0 Å². The zero-order valence-electron chi connectivity index (χ0n) is 12.9. The highest BCUT2D eigenvalue weighted by Gasteiger charge is 2.47. The summed E-state index contributed by atoms with van der Waals surface area (Å²) in [5.41, 5.74) is 1.58. The first kappa shape index (κ1) is 14.6. The smallest absolute Gasteiger partial charge is 0.302 e. The van der Waals surface area contributed by atoms with Gasteiger partial charge in [0.2, 0.25) is 0 Å². The van der Waals surface area contributed by atoms with Crippen LogP contribution in [0.1, 0.15) is 44.6 Å². The molecule has 1 spiro atoms. The van der Waals surface area contributed by atoms with Gasteiger partial charge in [0.05, 0.1) is 0 Å². The molecule has 2 atom stereocenters. The van der Waals surface area contributed by atoms with E-state index in [2.05, 4.69) is 35.2 Å². The maximum Gasteiger partial charge on any atom is 0.302 e. The van der Waals surface area contributed by atoms with Crippen LogP contribution < -0.4 is 0 Å². The van der Waals surface area contributed by atoms with Crippen LogP contribution in [0.2, 0.25) is 0 Å². The molecule has 3 nitrogen and oxygen atoms in total. The third-order valence-corrected chi connectivity index (χ3v) is 5.07. The molecule has 1 aliphatic heterocycles. The summed E-state index contributed by atoms with van der Waals surface area (Å²) in [4.78, 5) is 13.9. The van der Waals surface area contributed by atoms with Crippen LogP contribution in [-0.4, -0.2) is 30.1 Å². The normalized spacial score (nSPS) is 29.7. The molecule has 2 fully saturated rings. The molecule has 1 saturated carbocycles. The fourth-order valence-electron chi connectivity index (χ4n) is 4.19. The van der Waals surface area contributed by atoms with Crippen LogP contribution in [0.5, 0.6) is 0 Å². The molecule has 114 valence electrons. The summed E-state index contributed by atoms with van der Waals surface area (Å²) in [6.07, 6.45) is 5.99. The molecule has 2 aliphatic rings. The molecule has 21 heavy (non-hydrogen) atoms. The van der Waals surface area contributed by atoms with Gasteiger partial charge in [-0.15, -0.1) is 0 Å². The van der Waals surface area contributed by atoms with Crippen molar-refractivity contribution in [2.24, 2.45) is 5.41 Å². The predicted octanol–water partition coefficient (Wildman–Crippen LogP) is 3.38. The topological polar surface area (TPSA) is 29.5 Å². The first-order chi connectivity index (χ1) is 10.2. The van der Waals surface area contributed by atoms with Crippen molar-refractivity contribution in [1.29, 1.82) is 0 Å². The molecule has 1 aliphatic carbocycles. The monoisotopic (exact) mass is 287 g/mol. The van der Waals surface area contributed by atoms with Crippen molar-refractivity contribution in [3.05, 3.63) is 35.9 Å². The van der Waals surface area contributed by atoms with Gasteiger partial charge in [-0.3, -0.25) is 9.69 Å². The zero-order chi connectivity index (χ0) is 14.7. The third-order valence-electron chi connectivity index (χ3n) is 5.07. The van der Waals surface area contributed by atoms with Crippen molar-refractivity contribution in [2.45, 2.75) is 51.7 Å². The van der Waals surface area contributed by atoms with Crippen molar-refractivity contribution < 1.29 is 9.53 Å². The van der Waals surface area contributed by atoms with E-state index in [1.165, 1.54) is 38.2 Å². The highest BCUT2D eigenvalue weighted by atomic mass is 16.5. The van der Waals surface area contributed by atoms with E-state index >= 15 is 0 Å². The van der Waals surface area contributed by atoms with Crippen LogP contribution >= 0.6 is 0 Å². The van der Waals surface area contributed by atoms with Gasteiger partial charge in [0.15, 0.2) is 0 Å². The van der Waals surface area contributed by atoms with Crippen LogP contribution in [0.4, 0.5) is 0 Å². The minimum atomic E-state index is -0.124. The molecule has 3 heteroatoms. The zero-order valence-corrected chi connectivity index (χ0v) is 12.9. The predicted molar refractivity (Wildman–Crippen MR) is 82.8 cm³/mol. The Balaban J connectivity index is 1.68. The molecule has 0 aromatic heterocycles. The SMILES string of the molecule is CC(=O)O[C@@H]1CCC[C@@]12CCCN(Cc1ccccc1)C2. The lowest BCUT2D eigenvalue weighted by molar-refractivity contribution is -0.154. The minimum Gasteiger partial charge on any atom is -0.462 e. The number of hydrogen-bond donors (Lipinski definition) is 0. The lowest BCUT2D eigenvalue weighted by Crippen LogP contribution is -2.48. The van der Waals surface area contributed by atoms with Crippen molar-refractivity contribution in [1.82, 2.24) is 4.90 Å². The van der Waals surface area contributed by atoms with Crippen molar-refractivity contribution >= 4 is 5.97 Å². The average Bonchev–Trinajstić information content (AvgIpc) is 2.81. The highest BCUT2D eigenvalue weighted by molar-refractivity contribution is 5.66. The Morgan fingerprint density at radius 1 is 1.29 bits per heavy atom. The van der Waals surface area contributed by atoms with Crippen LogP contribution in [0.15, 0.2) is 30.3 Å². The molecular formula is C18H25NO2. The highest BCUT2D eigenvalue weighted by Crippen LogP contribution is 2.46. The Kier molecular flexibility index (Phi) is 4.29. The Morgan fingerprint density at radius 2 is 2.05 bits per heavy atom. The maximum absolute atomic E-state index is 11.4. The molecule has 0 radical (unpaired) electrons. The quantitative estimate of drug-likeness (QED) is 0.798. The number of ether oxygens (including phenoxy) is 1. The lowest BCUT2D eigenvalue weighted by Gasteiger charge is -2.43. The molecule has 0 N–H and O–H groups in total. The molecule has 1 aromatic carbocycles. The number of likely N-dealkylation sites (tertiary alicyclic amines) is 1. The van der Waals surface area contributed by atoms with Gasteiger partial charge < -0.3 is 4.74 Å². The second-order valence-corrected chi connectivity index (χ2v) is 6.65. The number of benzene rings is 1. The van der Waals surface area contributed by atoms with E-state index in [0.717, 1.165) is 26.1 Å². The summed E-state index contributed by atoms with van der Waals surface area (Å²) >= 11 is 0. The van der Waals surface area contributed by atoms with Crippen LogP contribution in [0.25, 0.3) is 0 Å². The third kappa shape index (κ3) is 3.29. The second-order valence-electron chi connectivity index (χ2n) is 6.65. The van der Waals surface area contributed by atoms with Gasteiger partial charge in [0.25, 0.3) is 0 Å². The van der Waals surface area contributed by atoms with Gasteiger partial charge in [-0.2, -0.15) is 0 Å². The van der Waals surface area contributed by atoms with Crippen LogP contribution in [0.3, 0.4) is 0 Å². The van der Waals surface area contributed by atoms with E-state index in [9.17, 15) is 4.79 Å². The van der Waals surface area contributed by atoms with Gasteiger partial charge in [0.1, 0.15) is 6.10 Å². The fraction of sp³-hybridized carbons (Fsp3) is 0.611. The largest absolute Gasteiger partial charge is 0.462 e. The molecule has 1 heterocycles. The Hall–Kier alpha value is -1.35. The molecule has 3 rings (SSSR count). The number of carbonyl (C=O) groups excluding carboxylic acids is 1. The number of esters is 1. The molecule has 1 saturated heterocycles. The number of piperidine rings is 1. The first-order valence-electron chi connectivity index (χ1n) is 8.11. The van der Waals surface area contributed by atoms with Gasteiger partial charge in [0, 0.05) is 25.4 Å². The lowest BCUT2D eigenvalue weighted by atomic mass is 9.76. The summed E-state index contributed by atoms with van der Waals surface area (Å²) in [6, 6.07) is 10.7. The Bertz CT molecular complexity index is 487. The van der Waals surface area contributed by atoms with Gasteiger partial charge in [-0.05, 0) is 44.2 Å². The molecule has 1 aromatic rings. The molecule has 0 amide bonds. The van der Waals surface area contributed by atoms with Gasteiger partial charge in [-0.25, -0.2) is 0 Å². The second kappa shape index (κ2) is 6.18. The van der Waals surface area contributed by atoms with Crippen molar-refractivity contribution in [3.63, 3.8) is 0 Å². The summed E-state index contributed by atoms with van der Waals surface area (Å²) in [5, 5.41) is 0. The van der Waals surface area contributed by atoms with Crippen LogP contribution in [0, 0.1) is 5.41 Å². The average molecular weight is 287 g/mol. The Labute approximate surface area is 127 Å². The summed E-state index contributed by atoms with van der Waals surface area (Å²) in [7, 11) is 0. The summed E-state index contributed by atoms with van der Waals surface area (Å²) in [5.74, 6) is -0.124. The summed E-state index contributed by atoms with van der Waals surface area (Å²) < 4.78 is 5.64. The number of rotatable bonds is 3. The number of carbonyl (C=O) groups is 1. The molecule has 0 bridgehead atoms. The number of hydrogen-bond acceptors (Lipinski definition) is 3. The molecular weight excluding hydrogens is 262 g/mol. The van der Waals surface area contributed by atoms with E-state index in [-0.39, 0.29) is 17.5 Å². The maximum atomic E-state index is 11.4. The number of nitrogens with zero attached hydrogens (tertiary/aromatic N) is 1. The minimum absolute atomic E-state index is 0.124. The van der Waals surface area contributed by atoms with Crippen molar-refractivity contribution in [2.75, 3.05) is 13.1 Å². The van der Waals surface area contributed by atoms with Gasteiger partial charge in [-0.1, -0.05) is 30.3 Å². The standard InChI is InChI=1S/C18H25NO2/c1-15(20)21-17-9-5-10-18(17)11-6-12-19(14-18)13-16-7-3-2-4-8-16/h2-4,7-8,17H,5-6,9-14H2,1H3/t17-,18+/m1/s1. The van der Waals surface area contributed by atoms with Crippen LogP contribution in [-0.2, 0) is 16.1 Å². The fourth-order valence-corrected chi connectivity index (χ4v) is 4.19. The van der Waals surface area contributed by atoms with E-state index in [4.69, 9.17) is 4.74 Å². The first-order valence-corrected chi connectivity index (χ1v) is 8.11.